The highest BCUT2D eigenvalue weighted by molar-refractivity contribution is 5.91. The van der Waals surface area contributed by atoms with E-state index in [0.717, 1.165) is 54.4 Å². The minimum absolute atomic E-state index is 0.135. The second-order valence-electron chi connectivity index (χ2n) is 8.77. The molecule has 0 saturated heterocycles. The standard InChI is InChI=1S/C30H36O7/c1-4-17-33-22(3)21-36-30(32)24-15-13-23(14-16-24)28-20-25-26(11-10-12-27(25)37-28)34-18-8-6-7-9-19-35-29(31)5-2/h5,10-16,20,22H,2,4,6-9,17-19,21H2,1,3H3. The van der Waals surface area contributed by atoms with E-state index in [-0.39, 0.29) is 24.6 Å². The maximum atomic E-state index is 12.4. The molecule has 0 saturated carbocycles. The first-order valence-electron chi connectivity index (χ1n) is 12.9. The van der Waals surface area contributed by atoms with Gasteiger partial charge in [-0.1, -0.05) is 31.7 Å². The van der Waals surface area contributed by atoms with Crippen molar-refractivity contribution in [1.82, 2.24) is 0 Å². The summed E-state index contributed by atoms with van der Waals surface area (Å²) in [4.78, 5) is 23.4. The normalized spacial score (nSPS) is 11.7. The molecule has 198 valence electrons. The fraction of sp³-hybridized carbons (Fsp3) is 0.400. The van der Waals surface area contributed by atoms with Crippen LogP contribution in [0.2, 0.25) is 0 Å². The number of rotatable bonds is 16. The quantitative estimate of drug-likeness (QED) is 0.120. The zero-order valence-electron chi connectivity index (χ0n) is 21.7. The predicted octanol–water partition coefficient (Wildman–Crippen LogP) is 6.74. The fourth-order valence-corrected chi connectivity index (χ4v) is 3.69. The molecule has 0 aliphatic heterocycles. The van der Waals surface area contributed by atoms with Crippen molar-refractivity contribution in [2.24, 2.45) is 0 Å². The molecule has 0 bridgehead atoms. The average Bonchev–Trinajstić information content (AvgIpc) is 3.37. The minimum atomic E-state index is -0.382. The lowest BCUT2D eigenvalue weighted by molar-refractivity contribution is -0.137. The fourth-order valence-electron chi connectivity index (χ4n) is 3.69. The average molecular weight is 509 g/mol. The van der Waals surface area contributed by atoms with Gasteiger partial charge in [-0.3, -0.25) is 0 Å². The van der Waals surface area contributed by atoms with Crippen molar-refractivity contribution in [1.29, 1.82) is 0 Å². The smallest absolute Gasteiger partial charge is 0.338 e. The molecular formula is C30H36O7. The van der Waals surface area contributed by atoms with E-state index in [1.54, 1.807) is 12.1 Å². The number of carbonyl (C=O) groups excluding carboxylic acids is 2. The van der Waals surface area contributed by atoms with Crippen LogP contribution < -0.4 is 4.74 Å². The monoisotopic (exact) mass is 508 g/mol. The maximum Gasteiger partial charge on any atom is 0.338 e. The van der Waals surface area contributed by atoms with Gasteiger partial charge in [0.2, 0.25) is 0 Å². The molecule has 0 radical (unpaired) electrons. The number of carbonyl (C=O) groups is 2. The molecule has 0 amide bonds. The molecule has 0 N–H and O–H groups in total. The summed E-state index contributed by atoms with van der Waals surface area (Å²) >= 11 is 0. The summed E-state index contributed by atoms with van der Waals surface area (Å²) in [6, 6.07) is 14.9. The van der Waals surface area contributed by atoms with Gasteiger partial charge in [-0.05, 0) is 69.4 Å². The highest BCUT2D eigenvalue weighted by atomic mass is 16.6. The Bertz CT molecular complexity index is 1150. The third-order valence-electron chi connectivity index (χ3n) is 5.69. The van der Waals surface area contributed by atoms with Crippen LogP contribution in [-0.2, 0) is 19.0 Å². The number of fused-ring (bicyclic) bond motifs is 1. The van der Waals surface area contributed by atoms with Crippen molar-refractivity contribution in [3.05, 3.63) is 66.7 Å². The first-order chi connectivity index (χ1) is 18.0. The van der Waals surface area contributed by atoms with Crippen LogP contribution in [0.25, 0.3) is 22.3 Å². The minimum Gasteiger partial charge on any atom is -0.493 e. The van der Waals surface area contributed by atoms with E-state index in [1.807, 2.05) is 50.2 Å². The summed E-state index contributed by atoms with van der Waals surface area (Å²) < 4.78 is 27.9. The van der Waals surface area contributed by atoms with Crippen LogP contribution in [0.4, 0.5) is 0 Å². The lowest BCUT2D eigenvalue weighted by Gasteiger charge is -2.12. The number of ether oxygens (including phenoxy) is 4. The van der Waals surface area contributed by atoms with Crippen LogP contribution in [0, 0.1) is 0 Å². The SMILES string of the molecule is C=CC(=O)OCCCCCCOc1cccc2oc(-c3ccc(C(=O)OCC(C)OCCC)cc3)cc12. The van der Waals surface area contributed by atoms with Crippen molar-refractivity contribution >= 4 is 22.9 Å². The van der Waals surface area contributed by atoms with Gasteiger partial charge in [0, 0.05) is 18.2 Å². The lowest BCUT2D eigenvalue weighted by Crippen LogP contribution is -2.19. The highest BCUT2D eigenvalue weighted by Gasteiger charge is 2.13. The van der Waals surface area contributed by atoms with Gasteiger partial charge < -0.3 is 23.4 Å². The summed E-state index contributed by atoms with van der Waals surface area (Å²) in [5.41, 5.74) is 2.07. The van der Waals surface area contributed by atoms with Gasteiger partial charge >= 0.3 is 11.9 Å². The van der Waals surface area contributed by atoms with E-state index in [0.29, 0.717) is 31.1 Å². The molecule has 1 heterocycles. The van der Waals surface area contributed by atoms with Gasteiger partial charge in [-0.15, -0.1) is 0 Å². The Morgan fingerprint density at radius 2 is 1.73 bits per heavy atom. The molecule has 0 fully saturated rings. The van der Waals surface area contributed by atoms with E-state index in [9.17, 15) is 9.59 Å². The van der Waals surface area contributed by atoms with Crippen LogP contribution in [0.1, 0.15) is 56.3 Å². The van der Waals surface area contributed by atoms with Gasteiger partial charge in [0.05, 0.1) is 30.3 Å². The van der Waals surface area contributed by atoms with Crippen LogP contribution in [0.15, 0.2) is 65.6 Å². The van der Waals surface area contributed by atoms with E-state index in [1.165, 1.54) is 6.08 Å². The van der Waals surface area contributed by atoms with Crippen molar-refractivity contribution in [2.75, 3.05) is 26.4 Å². The van der Waals surface area contributed by atoms with Crippen molar-refractivity contribution in [3.63, 3.8) is 0 Å². The molecule has 3 rings (SSSR count). The number of hydrogen-bond acceptors (Lipinski definition) is 7. The molecule has 0 aliphatic rings. The Morgan fingerprint density at radius 3 is 2.46 bits per heavy atom. The summed E-state index contributed by atoms with van der Waals surface area (Å²) in [6.45, 7) is 9.17. The van der Waals surface area contributed by atoms with Crippen molar-refractivity contribution < 1.29 is 33.0 Å². The van der Waals surface area contributed by atoms with E-state index >= 15 is 0 Å². The van der Waals surface area contributed by atoms with Crippen LogP contribution in [0.3, 0.4) is 0 Å². The van der Waals surface area contributed by atoms with Gasteiger partial charge in [0.25, 0.3) is 0 Å². The Hall–Kier alpha value is -3.58. The second-order valence-corrected chi connectivity index (χ2v) is 8.77. The van der Waals surface area contributed by atoms with Crippen molar-refractivity contribution in [3.8, 4) is 17.1 Å². The highest BCUT2D eigenvalue weighted by Crippen LogP contribution is 2.33. The van der Waals surface area contributed by atoms with Gasteiger partial charge in [0.15, 0.2) is 0 Å². The summed E-state index contributed by atoms with van der Waals surface area (Å²) in [7, 11) is 0. The Morgan fingerprint density at radius 1 is 0.973 bits per heavy atom. The Balaban J connectivity index is 1.51. The van der Waals surface area contributed by atoms with E-state index in [2.05, 4.69) is 6.58 Å². The topological polar surface area (TPSA) is 84.2 Å². The summed E-state index contributed by atoms with van der Waals surface area (Å²) in [5, 5.41) is 0.901. The molecule has 7 nitrogen and oxygen atoms in total. The molecule has 1 atom stereocenters. The summed E-state index contributed by atoms with van der Waals surface area (Å²) in [6.07, 6.45) is 5.63. The molecule has 7 heteroatoms. The molecular weight excluding hydrogens is 472 g/mol. The van der Waals surface area contributed by atoms with E-state index in [4.69, 9.17) is 23.4 Å². The van der Waals surface area contributed by atoms with Crippen LogP contribution >= 0.6 is 0 Å². The largest absolute Gasteiger partial charge is 0.493 e. The molecule has 3 aromatic rings. The Kier molecular flexibility index (Phi) is 11.2. The van der Waals surface area contributed by atoms with Gasteiger partial charge in [-0.2, -0.15) is 0 Å². The number of furan rings is 1. The molecule has 0 aliphatic carbocycles. The van der Waals surface area contributed by atoms with E-state index < -0.39 is 0 Å². The zero-order valence-corrected chi connectivity index (χ0v) is 21.7. The lowest BCUT2D eigenvalue weighted by atomic mass is 10.1. The first kappa shape index (κ1) is 28.0. The second kappa shape index (κ2) is 14.9. The van der Waals surface area contributed by atoms with Crippen LogP contribution in [0.5, 0.6) is 5.75 Å². The zero-order chi connectivity index (χ0) is 26.5. The predicted molar refractivity (Wildman–Crippen MR) is 143 cm³/mol. The molecule has 37 heavy (non-hydrogen) atoms. The van der Waals surface area contributed by atoms with Crippen molar-refractivity contribution in [2.45, 2.75) is 52.1 Å². The first-order valence-corrected chi connectivity index (χ1v) is 12.9. The summed E-state index contributed by atoms with van der Waals surface area (Å²) in [5.74, 6) is 0.706. The third kappa shape index (κ3) is 8.79. The third-order valence-corrected chi connectivity index (χ3v) is 5.69. The molecule has 2 aromatic carbocycles. The molecule has 1 aromatic heterocycles. The number of benzene rings is 2. The van der Waals surface area contributed by atoms with Gasteiger partial charge in [0.1, 0.15) is 23.7 Å². The van der Waals surface area contributed by atoms with Gasteiger partial charge in [-0.25, -0.2) is 9.59 Å². The number of esters is 2. The molecule has 0 spiro atoms. The molecule has 1 unspecified atom stereocenters. The Labute approximate surface area is 218 Å². The van der Waals surface area contributed by atoms with Crippen LogP contribution in [-0.4, -0.2) is 44.5 Å². The number of hydrogen-bond donors (Lipinski definition) is 0. The number of unbranched alkanes of at least 4 members (excludes halogenated alkanes) is 3. The maximum absolute atomic E-state index is 12.4.